The third-order valence-electron chi connectivity index (χ3n) is 2.99. The van der Waals surface area contributed by atoms with Gasteiger partial charge in [0.1, 0.15) is 5.75 Å². The van der Waals surface area contributed by atoms with Crippen LogP contribution in [0.1, 0.15) is 5.56 Å². The van der Waals surface area contributed by atoms with Crippen molar-refractivity contribution in [1.29, 1.82) is 0 Å². The summed E-state index contributed by atoms with van der Waals surface area (Å²) in [7, 11) is 0. The summed E-state index contributed by atoms with van der Waals surface area (Å²) in [4.78, 5) is 0. The molecule has 1 aliphatic rings. The second kappa shape index (κ2) is 3.11. The quantitative estimate of drug-likeness (QED) is 0.771. The van der Waals surface area contributed by atoms with Crippen LogP contribution < -0.4 is 0 Å². The van der Waals surface area contributed by atoms with E-state index in [0.29, 0.717) is 6.07 Å². The molecule has 0 amide bonds. The highest BCUT2D eigenvalue weighted by molar-refractivity contribution is 5.46. The van der Waals surface area contributed by atoms with Gasteiger partial charge in [0, 0.05) is 5.56 Å². The van der Waals surface area contributed by atoms with Crippen LogP contribution >= 0.6 is 0 Å². The Morgan fingerprint density at radius 2 is 1.22 bits per heavy atom. The molecule has 0 heterocycles. The maximum absolute atomic E-state index is 13.1. The predicted molar refractivity (Wildman–Crippen MR) is 46.8 cm³/mol. The predicted octanol–water partition coefficient (Wildman–Crippen LogP) is 2.50. The molecule has 2 rings (SSSR count). The fourth-order valence-electron chi connectivity index (χ4n) is 1.90. The van der Waals surface area contributed by atoms with Crippen molar-refractivity contribution in [2.75, 3.05) is 0 Å². The Balaban J connectivity index is 2.67. The average Bonchev–Trinajstić information content (AvgIpc) is 2.27. The van der Waals surface area contributed by atoms with Crippen molar-refractivity contribution in [3.05, 3.63) is 29.8 Å². The van der Waals surface area contributed by atoms with E-state index in [1.807, 2.05) is 0 Å². The Kier molecular flexibility index (Phi) is 2.25. The van der Waals surface area contributed by atoms with Crippen molar-refractivity contribution in [3.8, 4) is 5.75 Å². The first-order chi connectivity index (χ1) is 8.02. The second-order valence-electron chi connectivity index (χ2n) is 3.95. The van der Waals surface area contributed by atoms with Crippen molar-refractivity contribution >= 4 is 0 Å². The summed E-state index contributed by atoms with van der Waals surface area (Å²) in [5.41, 5.74) is -5.78. The van der Waals surface area contributed by atoms with Crippen molar-refractivity contribution in [2.24, 2.45) is 0 Å². The number of phenols is 1. The molecule has 100 valence electrons. The van der Waals surface area contributed by atoms with Gasteiger partial charge in [-0.25, -0.2) is 0 Å². The molecule has 1 aromatic carbocycles. The molecular formula is C10H6F6O2. The van der Waals surface area contributed by atoms with E-state index in [1.54, 1.807) is 0 Å². The van der Waals surface area contributed by atoms with Crippen LogP contribution in [0.3, 0.4) is 0 Å². The molecule has 1 fully saturated rings. The lowest BCUT2D eigenvalue weighted by molar-refractivity contribution is -0.498. The summed E-state index contributed by atoms with van der Waals surface area (Å²) >= 11 is 0. The van der Waals surface area contributed by atoms with Crippen LogP contribution in [0.25, 0.3) is 0 Å². The number of hydrogen-bond donors (Lipinski definition) is 2. The van der Waals surface area contributed by atoms with Crippen LogP contribution in [0.15, 0.2) is 24.3 Å². The molecule has 1 saturated carbocycles. The van der Waals surface area contributed by atoms with Gasteiger partial charge in [-0.1, -0.05) is 18.2 Å². The van der Waals surface area contributed by atoms with Crippen molar-refractivity contribution in [1.82, 2.24) is 0 Å². The van der Waals surface area contributed by atoms with Gasteiger partial charge in [0.05, 0.1) is 0 Å². The standard InChI is InChI=1S/C10H6F6O2/c11-8(12)7(18,9(13,14)10(8,15)16)5-3-1-2-4-6(5)17/h1-4,17-18H. The third kappa shape index (κ3) is 1.01. The number of phenolic OH excluding ortho intramolecular Hbond substituents is 1. The first-order valence-corrected chi connectivity index (χ1v) is 4.66. The number of aliphatic hydroxyl groups is 1. The average molecular weight is 272 g/mol. The van der Waals surface area contributed by atoms with Crippen LogP contribution in [0, 0.1) is 0 Å². The van der Waals surface area contributed by atoms with E-state index in [9.17, 15) is 36.6 Å². The summed E-state index contributed by atoms with van der Waals surface area (Å²) < 4.78 is 77.9. The summed E-state index contributed by atoms with van der Waals surface area (Å²) in [5, 5.41) is 18.5. The highest BCUT2D eigenvalue weighted by Gasteiger charge is 2.99. The molecule has 0 atom stereocenters. The van der Waals surface area contributed by atoms with Gasteiger partial charge >= 0.3 is 17.8 Å². The highest BCUT2D eigenvalue weighted by Crippen LogP contribution is 2.71. The zero-order valence-electron chi connectivity index (χ0n) is 8.47. The largest absolute Gasteiger partial charge is 0.508 e. The van der Waals surface area contributed by atoms with Gasteiger partial charge in [0.15, 0.2) is 0 Å². The topological polar surface area (TPSA) is 40.5 Å². The Labute approximate surface area is 96.5 Å². The molecule has 1 aromatic rings. The van der Waals surface area contributed by atoms with Crippen molar-refractivity contribution in [2.45, 2.75) is 23.4 Å². The van der Waals surface area contributed by atoms with Gasteiger partial charge in [-0.3, -0.25) is 0 Å². The molecule has 0 aromatic heterocycles. The van der Waals surface area contributed by atoms with Gasteiger partial charge in [0.25, 0.3) is 0 Å². The molecule has 0 radical (unpaired) electrons. The first kappa shape index (κ1) is 13.0. The van der Waals surface area contributed by atoms with Crippen LogP contribution in [-0.4, -0.2) is 28.0 Å². The van der Waals surface area contributed by atoms with Crippen molar-refractivity contribution < 1.29 is 36.6 Å². The monoisotopic (exact) mass is 272 g/mol. The fourth-order valence-corrected chi connectivity index (χ4v) is 1.90. The van der Waals surface area contributed by atoms with E-state index < -0.39 is 34.7 Å². The van der Waals surface area contributed by atoms with Gasteiger partial charge in [0.2, 0.25) is 5.60 Å². The van der Waals surface area contributed by atoms with Crippen LogP contribution in [0.5, 0.6) is 5.75 Å². The fraction of sp³-hybridized carbons (Fsp3) is 0.400. The minimum absolute atomic E-state index is 0.534. The zero-order valence-corrected chi connectivity index (χ0v) is 8.47. The Morgan fingerprint density at radius 3 is 1.67 bits per heavy atom. The lowest BCUT2D eigenvalue weighted by atomic mass is 9.64. The van der Waals surface area contributed by atoms with Crippen LogP contribution in [-0.2, 0) is 5.60 Å². The van der Waals surface area contributed by atoms with E-state index in [4.69, 9.17) is 0 Å². The number of alkyl halides is 6. The molecule has 8 heteroatoms. The minimum atomic E-state index is -5.68. The smallest absolute Gasteiger partial charge is 0.379 e. The van der Waals surface area contributed by atoms with Gasteiger partial charge in [-0.2, -0.15) is 26.3 Å². The maximum atomic E-state index is 13.1. The zero-order chi connectivity index (χ0) is 14.0. The number of benzene rings is 1. The highest BCUT2D eigenvalue weighted by atomic mass is 19.4. The Bertz CT molecular complexity index is 481. The SMILES string of the molecule is Oc1ccccc1C1(O)C(F)(F)C(F)(F)C1(F)F. The van der Waals surface area contributed by atoms with E-state index in [2.05, 4.69) is 0 Å². The second-order valence-corrected chi connectivity index (χ2v) is 3.95. The lowest BCUT2D eigenvalue weighted by Crippen LogP contribution is -2.84. The van der Waals surface area contributed by atoms with E-state index in [1.165, 1.54) is 0 Å². The molecule has 0 bridgehead atoms. The summed E-state index contributed by atoms with van der Waals surface area (Å²) in [6, 6.07) is 3.33. The van der Waals surface area contributed by atoms with Gasteiger partial charge in [-0.05, 0) is 6.07 Å². The Morgan fingerprint density at radius 1 is 0.778 bits per heavy atom. The molecule has 18 heavy (non-hydrogen) atoms. The molecular weight excluding hydrogens is 266 g/mol. The summed E-state index contributed by atoms with van der Waals surface area (Å²) in [6.45, 7) is 0. The van der Waals surface area contributed by atoms with Crippen LogP contribution in [0.2, 0.25) is 0 Å². The van der Waals surface area contributed by atoms with E-state index >= 15 is 0 Å². The summed E-state index contributed by atoms with van der Waals surface area (Å²) in [5.74, 6) is -17.6. The minimum Gasteiger partial charge on any atom is -0.508 e. The van der Waals surface area contributed by atoms with Gasteiger partial charge < -0.3 is 10.2 Å². The number of halogens is 6. The molecule has 2 nitrogen and oxygen atoms in total. The number of aromatic hydroxyl groups is 1. The summed E-state index contributed by atoms with van der Waals surface area (Å²) in [6.07, 6.45) is 0. The van der Waals surface area contributed by atoms with Gasteiger partial charge in [-0.15, -0.1) is 0 Å². The normalized spacial score (nSPS) is 26.4. The lowest BCUT2D eigenvalue weighted by Gasteiger charge is -2.55. The molecule has 0 saturated heterocycles. The van der Waals surface area contributed by atoms with E-state index in [-0.39, 0.29) is 0 Å². The Hall–Kier alpha value is -1.44. The molecule has 0 aliphatic heterocycles. The number of hydrogen-bond acceptors (Lipinski definition) is 2. The number of rotatable bonds is 1. The molecule has 0 spiro atoms. The van der Waals surface area contributed by atoms with Crippen LogP contribution in [0.4, 0.5) is 26.3 Å². The maximum Gasteiger partial charge on any atom is 0.379 e. The first-order valence-electron chi connectivity index (χ1n) is 4.66. The molecule has 1 aliphatic carbocycles. The third-order valence-corrected chi connectivity index (χ3v) is 2.99. The van der Waals surface area contributed by atoms with E-state index in [0.717, 1.165) is 18.2 Å². The number of para-hydroxylation sites is 1. The molecule has 0 unspecified atom stereocenters. The molecule has 2 N–H and O–H groups in total. The van der Waals surface area contributed by atoms with Crippen molar-refractivity contribution in [3.63, 3.8) is 0 Å².